The van der Waals surface area contributed by atoms with Crippen LogP contribution in [0.2, 0.25) is 0 Å². The van der Waals surface area contributed by atoms with Gasteiger partial charge in [0, 0.05) is 12.6 Å². The molecule has 18 N–H and O–H groups in total. The van der Waals surface area contributed by atoms with Gasteiger partial charge in [-0.15, -0.1) is 0 Å². The lowest BCUT2D eigenvalue weighted by Crippen LogP contribution is -2.69. The molecule has 1 saturated carbocycles. The Morgan fingerprint density at radius 3 is 1.93 bits per heavy atom. The molecule has 1 amide bonds. The van der Waals surface area contributed by atoms with Crippen molar-refractivity contribution >= 4 is 16.3 Å². The molecule has 0 unspecified atom stereocenters. The summed E-state index contributed by atoms with van der Waals surface area (Å²) in [5.41, 5.74) is 23.3. The van der Waals surface area contributed by atoms with E-state index in [1.165, 1.54) is 0 Å². The Bertz CT molecular complexity index is 975. The lowest BCUT2D eigenvalue weighted by Gasteiger charge is -2.48. The largest absolute Gasteiger partial charge is 0.394 e. The van der Waals surface area contributed by atoms with E-state index >= 15 is 0 Å². The SMILES string of the molecule is NCC[C@H](O)C(=O)N[C@@H]1C[C@H](N)[C@@H](O[C@H]2O[C@H](CN)[C@@H](O)[C@H](O)[C@H]2N)[C@H](O[C@@H]2O[C@H](CO)[C@@H](O)[C@H]2O)[C@H]1O.O=S(=O)(O)O. The van der Waals surface area contributed by atoms with E-state index in [9.17, 15) is 40.5 Å². The highest BCUT2D eigenvalue weighted by atomic mass is 32.3. The van der Waals surface area contributed by atoms with Gasteiger partial charge in [-0.05, 0) is 19.4 Å². The van der Waals surface area contributed by atoms with E-state index in [1.807, 2.05) is 0 Å². The summed E-state index contributed by atoms with van der Waals surface area (Å²) in [5, 5.41) is 74.0. The van der Waals surface area contributed by atoms with Crippen LogP contribution in [0.15, 0.2) is 0 Å². The molecule has 0 spiro atoms. The van der Waals surface area contributed by atoms with Crippen LogP contribution >= 0.6 is 0 Å². The van der Waals surface area contributed by atoms with Crippen molar-refractivity contribution in [3.8, 4) is 0 Å². The molecule has 15 atom stereocenters. The Morgan fingerprint density at radius 1 is 0.884 bits per heavy atom. The second-order valence-corrected chi connectivity index (χ2v) is 11.2. The predicted molar refractivity (Wildman–Crippen MR) is 140 cm³/mol. The first-order valence-corrected chi connectivity index (χ1v) is 14.6. The van der Waals surface area contributed by atoms with Crippen molar-refractivity contribution in [2.75, 3.05) is 19.7 Å². The molecule has 0 radical (unpaired) electrons. The highest BCUT2D eigenvalue weighted by Crippen LogP contribution is 2.32. The summed E-state index contributed by atoms with van der Waals surface area (Å²) in [7, 11) is -4.67. The Kier molecular flexibility index (Phi) is 14.4. The molecule has 21 nitrogen and oxygen atoms in total. The molecular weight excluding hydrogens is 610 g/mol. The maximum Gasteiger partial charge on any atom is 0.394 e. The van der Waals surface area contributed by atoms with Crippen LogP contribution in [0.5, 0.6) is 0 Å². The average molecular weight is 654 g/mol. The average Bonchev–Trinajstić information content (AvgIpc) is 3.20. The lowest BCUT2D eigenvalue weighted by atomic mass is 9.83. The molecular formula is C21H43N5O16S. The van der Waals surface area contributed by atoms with E-state index in [4.69, 9.17) is 59.4 Å². The van der Waals surface area contributed by atoms with Crippen LogP contribution in [0.25, 0.3) is 0 Å². The van der Waals surface area contributed by atoms with E-state index in [0.717, 1.165) is 0 Å². The van der Waals surface area contributed by atoms with E-state index in [0.29, 0.717) is 0 Å². The molecule has 3 aliphatic rings. The zero-order valence-corrected chi connectivity index (χ0v) is 23.6. The molecule has 3 rings (SSSR count). The number of carbonyl (C=O) groups excluding carboxylic acids is 1. The maximum atomic E-state index is 12.4. The molecule has 0 bridgehead atoms. The van der Waals surface area contributed by atoms with Crippen LogP contribution in [0.1, 0.15) is 12.8 Å². The number of aliphatic hydroxyl groups is 7. The van der Waals surface area contributed by atoms with E-state index in [2.05, 4.69) is 5.32 Å². The minimum absolute atomic E-state index is 0.0255. The van der Waals surface area contributed by atoms with Gasteiger partial charge >= 0.3 is 10.4 Å². The summed E-state index contributed by atoms with van der Waals surface area (Å²) in [6.45, 7) is -0.764. The molecule has 2 heterocycles. The zero-order chi connectivity index (χ0) is 32.8. The number of ether oxygens (including phenoxy) is 4. The molecule has 43 heavy (non-hydrogen) atoms. The van der Waals surface area contributed by atoms with Crippen molar-refractivity contribution in [2.24, 2.45) is 22.9 Å². The van der Waals surface area contributed by atoms with Crippen molar-refractivity contribution in [2.45, 2.75) is 105 Å². The van der Waals surface area contributed by atoms with Gasteiger partial charge in [-0.1, -0.05) is 0 Å². The summed E-state index contributed by atoms with van der Waals surface area (Å²) in [6, 6.07) is -3.29. The van der Waals surface area contributed by atoms with E-state index in [1.54, 1.807) is 0 Å². The number of nitrogens with two attached hydrogens (primary N) is 4. The fourth-order valence-corrected chi connectivity index (χ4v) is 4.84. The normalized spacial score (nSPS) is 42.5. The molecule has 0 aromatic carbocycles. The van der Waals surface area contributed by atoms with Crippen molar-refractivity contribution in [3.63, 3.8) is 0 Å². The van der Waals surface area contributed by atoms with Crippen LogP contribution in [0.4, 0.5) is 0 Å². The smallest absolute Gasteiger partial charge is 0.394 e. The molecule has 22 heteroatoms. The van der Waals surface area contributed by atoms with Crippen molar-refractivity contribution in [1.29, 1.82) is 0 Å². The van der Waals surface area contributed by atoms with Gasteiger partial charge in [0.1, 0.15) is 61.0 Å². The van der Waals surface area contributed by atoms with Gasteiger partial charge in [0.15, 0.2) is 12.6 Å². The summed E-state index contributed by atoms with van der Waals surface area (Å²) in [6.07, 6.45) is -16.9. The minimum Gasteiger partial charge on any atom is -0.394 e. The number of carbonyl (C=O) groups is 1. The van der Waals surface area contributed by atoms with Gasteiger partial charge in [0.25, 0.3) is 0 Å². The van der Waals surface area contributed by atoms with Crippen molar-refractivity contribution < 1.29 is 77.0 Å². The molecule has 1 aliphatic carbocycles. The molecule has 0 aromatic heterocycles. The summed E-state index contributed by atoms with van der Waals surface area (Å²) < 4.78 is 54.3. The topological polar surface area (TPSA) is 386 Å². The van der Waals surface area contributed by atoms with Gasteiger partial charge in [-0.3, -0.25) is 13.9 Å². The minimum atomic E-state index is -4.67. The van der Waals surface area contributed by atoms with Gasteiger partial charge in [0.05, 0.1) is 18.7 Å². The number of nitrogens with one attached hydrogen (secondary N) is 1. The third-order valence-electron chi connectivity index (χ3n) is 7.15. The summed E-state index contributed by atoms with van der Waals surface area (Å²) >= 11 is 0. The second kappa shape index (κ2) is 16.3. The molecule has 2 saturated heterocycles. The van der Waals surface area contributed by atoms with Crippen LogP contribution in [-0.2, 0) is 34.1 Å². The third-order valence-corrected chi connectivity index (χ3v) is 7.15. The van der Waals surface area contributed by atoms with E-state index in [-0.39, 0.29) is 25.9 Å². The van der Waals surface area contributed by atoms with E-state index < -0.39 is 115 Å². The first kappa shape index (κ1) is 37.9. The van der Waals surface area contributed by atoms with Crippen LogP contribution in [-0.4, -0.2) is 171 Å². The number of amides is 1. The fourth-order valence-electron chi connectivity index (χ4n) is 4.84. The number of rotatable bonds is 10. The molecule has 3 fully saturated rings. The Hall–Kier alpha value is -1.26. The van der Waals surface area contributed by atoms with Crippen molar-refractivity contribution in [3.05, 3.63) is 0 Å². The number of hydrogen-bond acceptors (Lipinski definition) is 18. The van der Waals surface area contributed by atoms with Gasteiger partial charge in [0.2, 0.25) is 5.91 Å². The quantitative estimate of drug-likeness (QED) is 0.0973. The third kappa shape index (κ3) is 10.1. The Balaban J connectivity index is 0.00000119. The molecule has 254 valence electrons. The number of hydrogen-bond donors (Lipinski definition) is 14. The van der Waals surface area contributed by atoms with Crippen LogP contribution < -0.4 is 28.3 Å². The number of aliphatic hydroxyl groups excluding tert-OH is 7. The van der Waals surface area contributed by atoms with Gasteiger partial charge in [-0.25, -0.2) is 0 Å². The molecule has 2 aliphatic heterocycles. The Labute approximate surface area is 246 Å². The highest BCUT2D eigenvalue weighted by Gasteiger charge is 2.53. The fraction of sp³-hybridized carbons (Fsp3) is 0.952. The summed E-state index contributed by atoms with van der Waals surface area (Å²) in [4.78, 5) is 12.4. The predicted octanol–water partition coefficient (Wildman–Crippen LogP) is -8.44. The molecule has 0 aromatic rings. The van der Waals surface area contributed by atoms with Gasteiger partial charge < -0.3 is 82.9 Å². The second-order valence-electron chi connectivity index (χ2n) is 10.3. The monoisotopic (exact) mass is 653 g/mol. The first-order chi connectivity index (χ1) is 19.9. The van der Waals surface area contributed by atoms with Crippen LogP contribution in [0.3, 0.4) is 0 Å². The Morgan fingerprint density at radius 2 is 1.42 bits per heavy atom. The highest BCUT2D eigenvalue weighted by molar-refractivity contribution is 7.79. The lowest BCUT2D eigenvalue weighted by molar-refractivity contribution is -0.307. The summed E-state index contributed by atoms with van der Waals surface area (Å²) in [5.74, 6) is -0.807. The maximum absolute atomic E-state index is 12.4. The first-order valence-electron chi connectivity index (χ1n) is 13.2. The van der Waals surface area contributed by atoms with Gasteiger partial charge in [-0.2, -0.15) is 8.42 Å². The zero-order valence-electron chi connectivity index (χ0n) is 22.8. The van der Waals surface area contributed by atoms with Crippen LogP contribution in [0, 0.1) is 0 Å². The van der Waals surface area contributed by atoms with Crippen molar-refractivity contribution in [1.82, 2.24) is 5.32 Å². The standard InChI is InChI=1S/C21H41N5O12.H2O4S/c22-2-1-8(28)19(34)26-7-3-6(24)17(37-20-11(25)15(32)13(30)9(4-23)35-20)18(12(7)29)38-21-16(33)14(31)10(5-27)36-21;1-5(2,3)4/h6-18,20-21,27-33H,1-5,22-25H2,(H,26,34);(H2,1,2,3,4)/t6-,7+,8-,9+,10+,11+,12-,13+,14+,15+,16+,17+,18+,20+,21-;/m0./s1.